The van der Waals surface area contributed by atoms with Crippen molar-refractivity contribution in [2.24, 2.45) is 0 Å². The van der Waals surface area contributed by atoms with Crippen LogP contribution >= 0.6 is 0 Å². The van der Waals surface area contributed by atoms with Gasteiger partial charge in [-0.3, -0.25) is 4.90 Å². The van der Waals surface area contributed by atoms with Crippen LogP contribution in [-0.2, 0) is 24.4 Å². The third-order valence-electron chi connectivity index (χ3n) is 7.45. The lowest BCUT2D eigenvalue weighted by molar-refractivity contribution is 0.0240. The van der Waals surface area contributed by atoms with Crippen LogP contribution in [0.3, 0.4) is 0 Å². The molecule has 6 rings (SSSR count). The SMILES string of the molecule is Cc1cc(Nc2ncnc3cnc(N4CCN(C(=O)OC(C)(C)C)CC4)cc23)ccc1CN1CCn2ncnc2C1. The van der Waals surface area contributed by atoms with Crippen molar-refractivity contribution in [1.82, 2.24) is 39.5 Å². The Morgan fingerprint density at radius 3 is 2.59 bits per heavy atom. The number of anilines is 3. The number of rotatable bonds is 5. The molecule has 12 heteroatoms. The van der Waals surface area contributed by atoms with Gasteiger partial charge in [-0.1, -0.05) is 6.07 Å². The van der Waals surface area contributed by atoms with Crippen molar-refractivity contribution in [2.75, 3.05) is 42.9 Å². The Labute approximate surface area is 239 Å². The first-order chi connectivity index (χ1) is 19.7. The van der Waals surface area contributed by atoms with Gasteiger partial charge in [0, 0.05) is 50.3 Å². The van der Waals surface area contributed by atoms with E-state index in [-0.39, 0.29) is 6.09 Å². The van der Waals surface area contributed by atoms with Crippen molar-refractivity contribution in [2.45, 2.75) is 52.9 Å². The van der Waals surface area contributed by atoms with Gasteiger partial charge >= 0.3 is 6.09 Å². The van der Waals surface area contributed by atoms with Crippen molar-refractivity contribution in [3.63, 3.8) is 0 Å². The summed E-state index contributed by atoms with van der Waals surface area (Å²) in [5.74, 6) is 2.58. The van der Waals surface area contributed by atoms with Crippen molar-refractivity contribution < 1.29 is 9.53 Å². The average molecular weight is 557 g/mol. The number of aryl methyl sites for hydroxylation is 1. The Bertz CT molecular complexity index is 1550. The van der Waals surface area contributed by atoms with E-state index in [1.807, 2.05) is 31.5 Å². The van der Waals surface area contributed by atoms with Gasteiger partial charge in [0.2, 0.25) is 0 Å². The molecule has 3 aromatic heterocycles. The van der Waals surface area contributed by atoms with E-state index in [0.717, 1.165) is 60.2 Å². The van der Waals surface area contributed by atoms with Gasteiger partial charge in [-0.25, -0.2) is 29.4 Å². The Balaban J connectivity index is 1.14. The predicted octanol–water partition coefficient (Wildman–Crippen LogP) is 3.74. The van der Waals surface area contributed by atoms with Crippen molar-refractivity contribution in [3.8, 4) is 0 Å². The lowest BCUT2D eigenvalue weighted by Gasteiger charge is -2.36. The summed E-state index contributed by atoms with van der Waals surface area (Å²) in [6.45, 7) is 13.8. The monoisotopic (exact) mass is 556 g/mol. The van der Waals surface area contributed by atoms with E-state index in [4.69, 9.17) is 4.74 Å². The van der Waals surface area contributed by atoms with Gasteiger partial charge in [-0.2, -0.15) is 5.10 Å². The molecule has 1 aromatic carbocycles. The standard InChI is InChI=1S/C29H36N10O2/c1-20-13-22(6-5-21(20)16-36-7-12-39-26(17-36)32-19-34-39)35-27-23-14-25(30-15-24(23)31-18-33-27)37-8-10-38(11-9-37)28(40)41-29(2,3)4/h5-6,13-15,18-19H,7-12,16-17H2,1-4H3,(H,31,33,35). The fraction of sp³-hybridized carbons (Fsp3) is 0.448. The Kier molecular flexibility index (Phi) is 7.16. The lowest BCUT2D eigenvalue weighted by atomic mass is 10.1. The molecule has 1 saturated heterocycles. The van der Waals surface area contributed by atoms with Crippen LogP contribution in [0.2, 0.25) is 0 Å². The number of hydrogen-bond acceptors (Lipinski definition) is 10. The molecule has 1 amide bonds. The number of fused-ring (bicyclic) bond motifs is 2. The lowest BCUT2D eigenvalue weighted by Crippen LogP contribution is -2.50. The number of hydrogen-bond donors (Lipinski definition) is 1. The molecule has 0 atom stereocenters. The van der Waals surface area contributed by atoms with Crippen LogP contribution in [0.4, 0.5) is 22.1 Å². The van der Waals surface area contributed by atoms with Crippen LogP contribution in [0.25, 0.3) is 10.9 Å². The minimum absolute atomic E-state index is 0.273. The quantitative estimate of drug-likeness (QED) is 0.390. The normalized spacial score (nSPS) is 16.1. The van der Waals surface area contributed by atoms with E-state index in [1.165, 1.54) is 11.1 Å². The van der Waals surface area contributed by atoms with E-state index in [1.54, 1.807) is 23.8 Å². The molecule has 0 unspecified atom stereocenters. The van der Waals surface area contributed by atoms with Gasteiger partial charge in [0.15, 0.2) is 0 Å². The van der Waals surface area contributed by atoms with Crippen LogP contribution in [0.15, 0.2) is 43.1 Å². The summed E-state index contributed by atoms with van der Waals surface area (Å²) in [4.78, 5) is 36.8. The number of aromatic nitrogens is 6. The number of piperazine rings is 1. The zero-order valence-corrected chi connectivity index (χ0v) is 24.0. The van der Waals surface area contributed by atoms with Crippen molar-refractivity contribution >= 4 is 34.3 Å². The molecule has 12 nitrogen and oxygen atoms in total. The van der Waals surface area contributed by atoms with Gasteiger partial charge in [0.1, 0.15) is 35.7 Å². The second kappa shape index (κ2) is 10.9. The highest BCUT2D eigenvalue weighted by Gasteiger charge is 2.26. The van der Waals surface area contributed by atoms with Crippen LogP contribution in [-0.4, -0.2) is 83.9 Å². The third kappa shape index (κ3) is 6.07. The van der Waals surface area contributed by atoms with Gasteiger partial charge < -0.3 is 19.9 Å². The van der Waals surface area contributed by atoms with Gasteiger partial charge in [-0.15, -0.1) is 0 Å². The molecular formula is C29H36N10O2. The van der Waals surface area contributed by atoms with Gasteiger partial charge in [0.25, 0.3) is 0 Å². The fourth-order valence-corrected chi connectivity index (χ4v) is 5.24. The first-order valence-electron chi connectivity index (χ1n) is 14.0. The first-order valence-corrected chi connectivity index (χ1v) is 14.0. The third-order valence-corrected chi connectivity index (χ3v) is 7.45. The summed E-state index contributed by atoms with van der Waals surface area (Å²) < 4.78 is 7.51. The summed E-state index contributed by atoms with van der Waals surface area (Å²) in [7, 11) is 0. The van der Waals surface area contributed by atoms with E-state index in [0.29, 0.717) is 26.2 Å². The molecule has 0 saturated carbocycles. The summed E-state index contributed by atoms with van der Waals surface area (Å²) >= 11 is 0. The molecule has 1 fully saturated rings. The van der Waals surface area contributed by atoms with Crippen LogP contribution < -0.4 is 10.2 Å². The molecule has 2 aliphatic rings. The van der Waals surface area contributed by atoms with E-state index in [9.17, 15) is 4.79 Å². The topological polar surface area (TPSA) is 117 Å². The second-order valence-corrected chi connectivity index (χ2v) is 11.6. The largest absolute Gasteiger partial charge is 0.444 e. The maximum absolute atomic E-state index is 12.5. The highest BCUT2D eigenvalue weighted by molar-refractivity contribution is 5.91. The minimum Gasteiger partial charge on any atom is -0.444 e. The number of ether oxygens (including phenoxy) is 1. The Hall–Kier alpha value is -4.32. The molecule has 0 spiro atoms. The number of pyridine rings is 1. The van der Waals surface area contributed by atoms with Crippen LogP contribution in [0.5, 0.6) is 0 Å². The zero-order chi connectivity index (χ0) is 28.6. The van der Waals surface area contributed by atoms with Crippen LogP contribution in [0, 0.1) is 6.92 Å². The first kappa shape index (κ1) is 26.9. The summed E-state index contributed by atoms with van der Waals surface area (Å²) in [6, 6.07) is 8.46. The van der Waals surface area contributed by atoms with E-state index in [2.05, 4.69) is 65.3 Å². The number of carbonyl (C=O) groups excluding carboxylic acids is 1. The zero-order valence-electron chi connectivity index (χ0n) is 24.0. The summed E-state index contributed by atoms with van der Waals surface area (Å²) in [5, 5.41) is 8.67. The smallest absolute Gasteiger partial charge is 0.410 e. The van der Waals surface area contributed by atoms with E-state index >= 15 is 0 Å². The fourth-order valence-electron chi connectivity index (χ4n) is 5.24. The van der Waals surface area contributed by atoms with Crippen molar-refractivity contribution in [3.05, 3.63) is 60.1 Å². The highest BCUT2D eigenvalue weighted by Crippen LogP contribution is 2.28. The summed E-state index contributed by atoms with van der Waals surface area (Å²) in [6.07, 6.45) is 4.70. The summed E-state index contributed by atoms with van der Waals surface area (Å²) in [5.41, 5.74) is 3.73. The molecule has 214 valence electrons. The molecule has 5 heterocycles. The van der Waals surface area contributed by atoms with Gasteiger partial charge in [-0.05, 0) is 57.0 Å². The van der Waals surface area contributed by atoms with Crippen LogP contribution in [0.1, 0.15) is 37.7 Å². The molecule has 0 aliphatic carbocycles. The molecule has 41 heavy (non-hydrogen) atoms. The van der Waals surface area contributed by atoms with E-state index < -0.39 is 5.60 Å². The number of carbonyl (C=O) groups is 1. The number of amides is 1. The number of nitrogens with one attached hydrogen (secondary N) is 1. The van der Waals surface area contributed by atoms with Gasteiger partial charge in [0.05, 0.1) is 24.8 Å². The molecule has 1 N–H and O–H groups in total. The maximum atomic E-state index is 12.5. The number of benzene rings is 1. The molecule has 4 aromatic rings. The number of nitrogens with zero attached hydrogens (tertiary/aromatic N) is 9. The molecule has 2 aliphatic heterocycles. The predicted molar refractivity (Wildman–Crippen MR) is 156 cm³/mol. The molecule has 0 bridgehead atoms. The molecular weight excluding hydrogens is 520 g/mol. The second-order valence-electron chi connectivity index (χ2n) is 11.6. The highest BCUT2D eigenvalue weighted by atomic mass is 16.6. The Morgan fingerprint density at radius 1 is 0.976 bits per heavy atom. The average Bonchev–Trinajstić information content (AvgIpc) is 3.42. The Morgan fingerprint density at radius 2 is 1.80 bits per heavy atom. The van der Waals surface area contributed by atoms with Crippen molar-refractivity contribution in [1.29, 1.82) is 0 Å². The minimum atomic E-state index is -0.507. The molecule has 0 radical (unpaired) electrons. The maximum Gasteiger partial charge on any atom is 0.410 e.